The lowest BCUT2D eigenvalue weighted by atomic mass is 9.75. The highest BCUT2D eigenvalue weighted by Crippen LogP contribution is 2.33. The van der Waals surface area contributed by atoms with E-state index in [1.165, 1.54) is 24.1 Å². The van der Waals surface area contributed by atoms with Crippen molar-refractivity contribution in [2.75, 3.05) is 11.9 Å². The average molecular weight is 189 g/mol. The lowest BCUT2D eigenvalue weighted by molar-refractivity contribution is 0.210. The summed E-state index contributed by atoms with van der Waals surface area (Å²) in [5.74, 6) is 1.82. The van der Waals surface area contributed by atoms with Crippen molar-refractivity contribution in [3.8, 4) is 0 Å². The molecule has 0 spiro atoms. The molecule has 1 N–H and O–H groups in total. The van der Waals surface area contributed by atoms with Gasteiger partial charge >= 0.3 is 0 Å². The fourth-order valence-corrected chi connectivity index (χ4v) is 2.05. The van der Waals surface area contributed by atoms with Gasteiger partial charge in [0.2, 0.25) is 0 Å². The quantitative estimate of drug-likeness (QED) is 0.768. The summed E-state index contributed by atoms with van der Waals surface area (Å²) in [4.78, 5) is 0. The molecule has 0 radical (unpaired) electrons. The molecular formula is C13H19N. The van der Waals surface area contributed by atoms with E-state index in [4.69, 9.17) is 0 Å². The first-order chi connectivity index (χ1) is 6.77. The molecule has 1 aliphatic carbocycles. The van der Waals surface area contributed by atoms with Crippen LogP contribution in [-0.4, -0.2) is 6.54 Å². The van der Waals surface area contributed by atoms with E-state index in [1.54, 1.807) is 0 Å². The number of anilines is 1. The van der Waals surface area contributed by atoms with E-state index in [9.17, 15) is 0 Å². The largest absolute Gasteiger partial charge is 0.385 e. The highest BCUT2D eigenvalue weighted by Gasteiger charge is 2.25. The van der Waals surface area contributed by atoms with Crippen molar-refractivity contribution in [1.82, 2.24) is 0 Å². The average Bonchev–Trinajstić information content (AvgIpc) is 2.19. The van der Waals surface area contributed by atoms with Crippen molar-refractivity contribution < 1.29 is 0 Å². The zero-order chi connectivity index (χ0) is 9.97. The van der Waals surface area contributed by atoms with Crippen LogP contribution in [0.15, 0.2) is 24.3 Å². The molecule has 2 rings (SSSR count). The van der Waals surface area contributed by atoms with Crippen molar-refractivity contribution >= 4 is 5.69 Å². The Morgan fingerprint density at radius 1 is 1.29 bits per heavy atom. The molecule has 76 valence electrons. The van der Waals surface area contributed by atoms with E-state index < -0.39 is 0 Å². The minimum atomic E-state index is 0.898. The Balaban J connectivity index is 1.88. The molecule has 0 saturated heterocycles. The maximum Gasteiger partial charge on any atom is 0.0369 e. The molecule has 1 fully saturated rings. The van der Waals surface area contributed by atoms with E-state index in [2.05, 4.69) is 43.4 Å². The standard InChI is InChI=1S/C13H19N/c1-10-7-8-12(10)9-14-13-6-4-3-5-11(13)2/h3-6,10,12,14H,7-9H2,1-2H3/t10-,12-/m0/s1. The summed E-state index contributed by atoms with van der Waals surface area (Å²) in [5, 5.41) is 3.55. The molecule has 0 heterocycles. The first kappa shape index (κ1) is 9.57. The second-order valence-electron chi connectivity index (χ2n) is 4.51. The van der Waals surface area contributed by atoms with Gasteiger partial charge in [-0.3, -0.25) is 0 Å². The van der Waals surface area contributed by atoms with E-state index in [-0.39, 0.29) is 0 Å². The molecule has 0 aromatic heterocycles. The van der Waals surface area contributed by atoms with Crippen LogP contribution in [0.1, 0.15) is 25.3 Å². The summed E-state index contributed by atoms with van der Waals surface area (Å²) in [6.45, 7) is 5.66. The smallest absolute Gasteiger partial charge is 0.0369 e. The number of nitrogens with one attached hydrogen (secondary N) is 1. The van der Waals surface area contributed by atoms with Gasteiger partial charge in [-0.2, -0.15) is 0 Å². The number of hydrogen-bond donors (Lipinski definition) is 1. The number of hydrogen-bond acceptors (Lipinski definition) is 1. The van der Waals surface area contributed by atoms with Crippen molar-refractivity contribution in [2.24, 2.45) is 11.8 Å². The van der Waals surface area contributed by atoms with Crippen molar-refractivity contribution in [3.63, 3.8) is 0 Å². The van der Waals surface area contributed by atoms with Gasteiger partial charge in [-0.05, 0) is 36.8 Å². The number of para-hydroxylation sites is 1. The van der Waals surface area contributed by atoms with E-state index in [0.717, 1.165) is 18.4 Å². The summed E-state index contributed by atoms with van der Waals surface area (Å²) < 4.78 is 0. The van der Waals surface area contributed by atoms with Gasteiger partial charge in [0, 0.05) is 12.2 Å². The van der Waals surface area contributed by atoms with Crippen molar-refractivity contribution in [3.05, 3.63) is 29.8 Å². The summed E-state index contributed by atoms with van der Waals surface area (Å²) >= 11 is 0. The number of benzene rings is 1. The summed E-state index contributed by atoms with van der Waals surface area (Å²) in [5.41, 5.74) is 2.64. The van der Waals surface area contributed by atoms with Crippen LogP contribution in [0.25, 0.3) is 0 Å². The van der Waals surface area contributed by atoms with Crippen LogP contribution in [0.3, 0.4) is 0 Å². The molecule has 1 saturated carbocycles. The molecule has 1 heteroatoms. The van der Waals surface area contributed by atoms with E-state index >= 15 is 0 Å². The minimum absolute atomic E-state index is 0.898. The van der Waals surface area contributed by atoms with Gasteiger partial charge in [-0.1, -0.05) is 31.5 Å². The molecular weight excluding hydrogens is 170 g/mol. The number of aryl methyl sites for hydroxylation is 1. The number of rotatable bonds is 3. The molecule has 2 atom stereocenters. The highest BCUT2D eigenvalue weighted by molar-refractivity contribution is 5.50. The molecule has 1 aromatic rings. The van der Waals surface area contributed by atoms with E-state index in [0.29, 0.717) is 0 Å². The summed E-state index contributed by atoms with van der Waals surface area (Å²) in [7, 11) is 0. The van der Waals surface area contributed by atoms with Crippen LogP contribution in [0.5, 0.6) is 0 Å². The Hall–Kier alpha value is -0.980. The van der Waals surface area contributed by atoms with Gasteiger partial charge in [-0.15, -0.1) is 0 Å². The summed E-state index contributed by atoms with van der Waals surface area (Å²) in [6, 6.07) is 8.51. The molecule has 14 heavy (non-hydrogen) atoms. The third-order valence-electron chi connectivity index (χ3n) is 3.50. The van der Waals surface area contributed by atoms with Gasteiger partial charge in [0.15, 0.2) is 0 Å². The van der Waals surface area contributed by atoms with Crippen LogP contribution in [0.2, 0.25) is 0 Å². The fourth-order valence-electron chi connectivity index (χ4n) is 2.05. The summed E-state index contributed by atoms with van der Waals surface area (Å²) in [6.07, 6.45) is 2.82. The monoisotopic (exact) mass is 189 g/mol. The fraction of sp³-hybridized carbons (Fsp3) is 0.538. The molecule has 1 nitrogen and oxygen atoms in total. The molecule has 1 aliphatic rings. The van der Waals surface area contributed by atoms with Crippen LogP contribution in [0.4, 0.5) is 5.69 Å². The Morgan fingerprint density at radius 3 is 2.64 bits per heavy atom. The topological polar surface area (TPSA) is 12.0 Å². The Labute approximate surface area is 86.5 Å². The second kappa shape index (κ2) is 4.04. The van der Waals surface area contributed by atoms with E-state index in [1.807, 2.05) is 0 Å². The molecule has 0 amide bonds. The zero-order valence-corrected chi connectivity index (χ0v) is 9.09. The minimum Gasteiger partial charge on any atom is -0.385 e. The van der Waals surface area contributed by atoms with Gasteiger partial charge in [0.25, 0.3) is 0 Å². The predicted molar refractivity (Wildman–Crippen MR) is 61.6 cm³/mol. The van der Waals surface area contributed by atoms with Crippen LogP contribution >= 0.6 is 0 Å². The lowest BCUT2D eigenvalue weighted by Crippen LogP contribution is -2.29. The Morgan fingerprint density at radius 2 is 2.07 bits per heavy atom. The second-order valence-corrected chi connectivity index (χ2v) is 4.51. The maximum atomic E-state index is 3.55. The SMILES string of the molecule is Cc1ccccc1NC[C@@H]1CC[C@@H]1C. The third kappa shape index (κ3) is 1.92. The molecule has 0 aliphatic heterocycles. The van der Waals surface area contributed by atoms with Crippen molar-refractivity contribution in [1.29, 1.82) is 0 Å². The zero-order valence-electron chi connectivity index (χ0n) is 9.09. The Bertz CT molecular complexity index is 306. The highest BCUT2D eigenvalue weighted by atomic mass is 14.9. The predicted octanol–water partition coefficient (Wildman–Crippen LogP) is 3.45. The van der Waals surface area contributed by atoms with Gasteiger partial charge in [-0.25, -0.2) is 0 Å². The molecule has 0 bridgehead atoms. The van der Waals surface area contributed by atoms with Gasteiger partial charge < -0.3 is 5.32 Å². The molecule has 0 unspecified atom stereocenters. The van der Waals surface area contributed by atoms with Crippen molar-refractivity contribution in [2.45, 2.75) is 26.7 Å². The van der Waals surface area contributed by atoms with Gasteiger partial charge in [0.05, 0.1) is 0 Å². The molecule has 1 aromatic carbocycles. The van der Waals surface area contributed by atoms with Crippen LogP contribution in [0, 0.1) is 18.8 Å². The lowest BCUT2D eigenvalue weighted by Gasteiger charge is -2.34. The normalized spacial score (nSPS) is 25.6. The Kier molecular flexibility index (Phi) is 2.76. The van der Waals surface area contributed by atoms with Crippen LogP contribution in [-0.2, 0) is 0 Å². The third-order valence-corrected chi connectivity index (χ3v) is 3.50. The van der Waals surface area contributed by atoms with Gasteiger partial charge in [0.1, 0.15) is 0 Å². The first-order valence-corrected chi connectivity index (χ1v) is 5.57. The maximum absolute atomic E-state index is 3.55. The first-order valence-electron chi connectivity index (χ1n) is 5.57. The van der Waals surface area contributed by atoms with Crippen LogP contribution < -0.4 is 5.32 Å².